The van der Waals surface area contributed by atoms with Crippen molar-refractivity contribution in [2.45, 2.75) is 117 Å². The Kier molecular flexibility index (Phi) is 9.84. The summed E-state index contributed by atoms with van der Waals surface area (Å²) >= 11 is 0. The van der Waals surface area contributed by atoms with Crippen LogP contribution in [0.5, 0.6) is 0 Å². The normalized spacial score (nSPS) is 20.8. The summed E-state index contributed by atoms with van der Waals surface area (Å²) in [6.07, 6.45) is 5.12. The first-order valence-electron chi connectivity index (χ1n) is 18.1. The molecule has 8 bridgehead atoms. The van der Waals surface area contributed by atoms with Crippen LogP contribution < -0.4 is 0 Å². The third-order valence-electron chi connectivity index (χ3n) is 11.2. The number of hydrogen-bond acceptors (Lipinski definition) is 7. The van der Waals surface area contributed by atoms with Crippen molar-refractivity contribution < 1.29 is 23.9 Å². The molecule has 2 amide bonds. The summed E-state index contributed by atoms with van der Waals surface area (Å²) in [6.45, 7) is 14.2. The second-order valence-electron chi connectivity index (χ2n) is 14.3. The Morgan fingerprint density at radius 3 is 2.30 bits per heavy atom. The van der Waals surface area contributed by atoms with Gasteiger partial charge in [0.25, 0.3) is 11.8 Å². The zero-order valence-corrected chi connectivity index (χ0v) is 30.6. The Labute approximate surface area is 293 Å². The van der Waals surface area contributed by atoms with Crippen LogP contribution >= 0.6 is 0 Å². The number of nitrogens with one attached hydrogen (secondary N) is 2. The van der Waals surface area contributed by atoms with E-state index in [9.17, 15) is 19.2 Å². The largest absolute Gasteiger partial charge is 0.469 e. The van der Waals surface area contributed by atoms with Crippen LogP contribution in [0.3, 0.4) is 0 Å². The van der Waals surface area contributed by atoms with Crippen LogP contribution in [0, 0.1) is 6.92 Å². The number of allylic oxidation sites excluding steroid dienone is 2. The Bertz CT molecular complexity index is 2000. The molecule has 264 valence electrons. The first kappa shape index (κ1) is 35.2. The summed E-state index contributed by atoms with van der Waals surface area (Å²) in [4.78, 5) is 73.1. The van der Waals surface area contributed by atoms with Crippen LogP contribution in [0.1, 0.15) is 171 Å². The van der Waals surface area contributed by atoms with Gasteiger partial charge >= 0.3 is 5.97 Å². The highest BCUT2D eigenvalue weighted by atomic mass is 16.5. The van der Waals surface area contributed by atoms with Gasteiger partial charge in [-0.15, -0.1) is 0 Å². The zero-order chi connectivity index (χ0) is 36.0. The topological polar surface area (TPSA) is 138 Å². The lowest BCUT2D eigenvalue weighted by atomic mass is 9.84. The number of methoxy groups -OCH3 is 1. The fourth-order valence-electron chi connectivity index (χ4n) is 8.22. The van der Waals surface area contributed by atoms with Crippen LogP contribution in [-0.2, 0) is 14.3 Å². The number of aryl methyl sites for hydroxylation is 1. The molecule has 6 heterocycles. The fourth-order valence-corrected chi connectivity index (χ4v) is 8.22. The summed E-state index contributed by atoms with van der Waals surface area (Å²) < 4.78 is 5.00. The molecule has 0 unspecified atom stereocenters. The molecular weight excluding hydrogens is 630 g/mol. The highest BCUT2D eigenvalue weighted by molar-refractivity contribution is 6.27. The van der Waals surface area contributed by atoms with Crippen LogP contribution in [0.25, 0.3) is 22.2 Å². The number of ether oxygens (including phenoxy) is 1. The van der Waals surface area contributed by atoms with Crippen molar-refractivity contribution in [3.63, 3.8) is 0 Å². The predicted molar refractivity (Wildman–Crippen MR) is 194 cm³/mol. The molecule has 0 spiro atoms. The molecule has 2 aromatic heterocycles. The van der Waals surface area contributed by atoms with Crippen LogP contribution in [0.2, 0.25) is 0 Å². The monoisotopic (exact) mass is 679 g/mol. The van der Waals surface area contributed by atoms with Gasteiger partial charge in [-0.2, -0.15) is 0 Å². The summed E-state index contributed by atoms with van der Waals surface area (Å²) in [5.41, 5.74) is 8.70. The molecule has 0 fully saturated rings. The molecule has 0 aliphatic carbocycles. The number of Topliss-reactive ketones (excluding diaryl/α,β-unsaturated/α-hetero) is 1. The molecule has 4 aliphatic heterocycles. The highest BCUT2D eigenvalue weighted by Gasteiger charge is 2.41. The summed E-state index contributed by atoms with van der Waals surface area (Å²) in [5, 5.41) is 0. The highest BCUT2D eigenvalue weighted by Crippen LogP contribution is 2.45. The van der Waals surface area contributed by atoms with Crippen molar-refractivity contribution in [3.05, 3.63) is 69.1 Å². The summed E-state index contributed by atoms with van der Waals surface area (Å²) in [7, 11) is 1.37. The van der Waals surface area contributed by atoms with E-state index in [1.54, 1.807) is 6.92 Å². The van der Waals surface area contributed by atoms with Gasteiger partial charge in [0.2, 0.25) is 0 Å². The van der Waals surface area contributed by atoms with E-state index >= 15 is 0 Å². The van der Waals surface area contributed by atoms with E-state index in [0.29, 0.717) is 64.4 Å². The molecule has 10 nitrogen and oxygen atoms in total. The van der Waals surface area contributed by atoms with Crippen molar-refractivity contribution in [2.75, 3.05) is 13.7 Å². The molecule has 50 heavy (non-hydrogen) atoms. The van der Waals surface area contributed by atoms with Gasteiger partial charge in [0.05, 0.1) is 40.8 Å². The van der Waals surface area contributed by atoms with Crippen molar-refractivity contribution in [1.82, 2.24) is 24.8 Å². The van der Waals surface area contributed by atoms with Gasteiger partial charge in [-0.1, -0.05) is 47.0 Å². The molecule has 0 radical (unpaired) electrons. The number of aromatic nitrogens is 4. The number of carbonyl (C=O) groups excluding carboxylic acids is 4. The SMILES string of the molecule is CCCCCCN1C(=O)c2c3nc(cc4nc(cc5[nH]c(cc6[nH]c2c(c6C)C1=O)[C@@H](CC)[C@@H]5C)C(C(C)=O)=C4C)[C@@H](C)[C@@H]3CCC(=O)OC. The number of rotatable bonds is 10. The number of esters is 1. The molecule has 2 aromatic rings. The van der Waals surface area contributed by atoms with E-state index in [4.69, 9.17) is 14.7 Å². The second-order valence-corrected chi connectivity index (χ2v) is 14.3. The second kappa shape index (κ2) is 14.0. The average molecular weight is 680 g/mol. The lowest BCUT2D eigenvalue weighted by molar-refractivity contribution is -0.140. The van der Waals surface area contributed by atoms with E-state index in [2.05, 4.69) is 36.8 Å². The van der Waals surface area contributed by atoms with Gasteiger partial charge in [-0.25, -0.2) is 4.98 Å². The van der Waals surface area contributed by atoms with E-state index in [0.717, 1.165) is 53.7 Å². The number of hydrogen-bond donors (Lipinski definition) is 2. The quantitative estimate of drug-likeness (QED) is 0.147. The smallest absolute Gasteiger partial charge is 0.305 e. The van der Waals surface area contributed by atoms with Gasteiger partial charge in [0.1, 0.15) is 0 Å². The molecule has 4 aliphatic rings. The molecule has 0 saturated heterocycles. The van der Waals surface area contributed by atoms with Crippen LogP contribution in [-0.4, -0.2) is 62.1 Å². The minimum Gasteiger partial charge on any atom is -0.469 e. The van der Waals surface area contributed by atoms with Crippen molar-refractivity contribution in [1.29, 1.82) is 0 Å². The average Bonchev–Trinajstić information content (AvgIpc) is 3.76. The van der Waals surface area contributed by atoms with E-state index < -0.39 is 0 Å². The molecule has 10 heteroatoms. The number of imide groups is 1. The minimum atomic E-state index is -0.371. The van der Waals surface area contributed by atoms with Crippen molar-refractivity contribution >= 4 is 45.7 Å². The van der Waals surface area contributed by atoms with Crippen LogP contribution in [0.15, 0.2) is 18.2 Å². The number of unbranched alkanes of at least 4 members (excludes halogenated alkanes) is 3. The molecular formula is C40H49N5O5. The van der Waals surface area contributed by atoms with Gasteiger partial charge in [0, 0.05) is 64.8 Å². The number of nitrogens with zero attached hydrogens (tertiary/aromatic N) is 3. The molecule has 4 atom stereocenters. The minimum absolute atomic E-state index is 0.0636. The van der Waals surface area contributed by atoms with Gasteiger partial charge in [-0.05, 0) is 69.4 Å². The summed E-state index contributed by atoms with van der Waals surface area (Å²) in [6, 6.07) is 5.97. The first-order chi connectivity index (χ1) is 23.9. The van der Waals surface area contributed by atoms with Gasteiger partial charge in [0.15, 0.2) is 5.78 Å². The number of H-pyrrole nitrogens is 2. The molecule has 0 aromatic carbocycles. The third-order valence-corrected chi connectivity index (χ3v) is 11.2. The first-order valence-corrected chi connectivity index (χ1v) is 18.1. The lowest BCUT2D eigenvalue weighted by Crippen LogP contribution is -2.41. The molecule has 0 saturated carbocycles. The molecule has 2 N–H and O–H groups in total. The maximum atomic E-state index is 14.6. The Balaban J connectivity index is 1.72. The number of ketones is 1. The van der Waals surface area contributed by atoms with Gasteiger partial charge in [-0.3, -0.25) is 29.1 Å². The maximum absolute atomic E-state index is 14.6. The lowest BCUT2D eigenvalue weighted by Gasteiger charge is -2.27. The standard InChI is InChI=1S/C40H49N5O5/c1-9-11-12-13-16-45-39(48)35-23(6)30-18-31-25(10-2)20(3)27(41-31)19-32-34(24(7)46)22(5)29(42-32)17-28-21(4)26(14-15-33(47)50-8)37(43-28)36(40(45)49)38(35)44-30/h17-21,25-26,41,44H,9-16H2,1-8H3/t20-,21-,25-,26-/m0/s1. The van der Waals surface area contributed by atoms with Crippen molar-refractivity contribution in [3.8, 4) is 0 Å². The fraction of sp³-hybridized carbons (Fsp3) is 0.500. The number of aromatic amines is 2. The number of fused-ring (bicyclic) bond motifs is 8. The maximum Gasteiger partial charge on any atom is 0.305 e. The predicted octanol–water partition coefficient (Wildman–Crippen LogP) is 8.18. The van der Waals surface area contributed by atoms with Crippen molar-refractivity contribution in [2.24, 2.45) is 0 Å². The van der Waals surface area contributed by atoms with E-state index in [-0.39, 0.29) is 53.7 Å². The molecule has 6 rings (SSSR count). The number of carbonyl (C=O) groups is 4. The zero-order valence-electron chi connectivity index (χ0n) is 30.6. The third kappa shape index (κ3) is 5.96. The van der Waals surface area contributed by atoms with Gasteiger partial charge < -0.3 is 14.7 Å². The van der Waals surface area contributed by atoms with E-state index in [1.165, 1.54) is 12.0 Å². The van der Waals surface area contributed by atoms with E-state index in [1.807, 2.05) is 32.9 Å². The summed E-state index contributed by atoms with van der Waals surface area (Å²) in [5.74, 6) is -1.28. The Morgan fingerprint density at radius 2 is 1.62 bits per heavy atom. The van der Waals surface area contributed by atoms with Crippen LogP contribution in [0.4, 0.5) is 0 Å². The Hall–Kier alpha value is -4.60. The Morgan fingerprint density at radius 1 is 0.880 bits per heavy atom. The number of amides is 2.